The second-order valence-corrected chi connectivity index (χ2v) is 7.29. The molecule has 0 radical (unpaired) electrons. The Morgan fingerprint density at radius 3 is 2.61 bits per heavy atom. The molecule has 0 aliphatic heterocycles. The van der Waals surface area contributed by atoms with E-state index >= 15 is 0 Å². The number of carbonyl (C=O) groups is 1. The van der Waals surface area contributed by atoms with Gasteiger partial charge in [0.05, 0.1) is 5.71 Å². The standard InChI is InChI=1S/C22H23F3N4O2/c1-4-29(13(2)3)21(30)18-9-17(28-12-22(23,24)25)15(10-27-18)20(26)16-11-31-19-8-6-5-7-14(16)19/h5-11,13,26H,4,12H2,1-3H3,(H,27,28). The first kappa shape index (κ1) is 22.3. The summed E-state index contributed by atoms with van der Waals surface area (Å²) in [5.74, 6) is -0.389. The number of nitrogens with zero attached hydrogens (tertiary/aromatic N) is 2. The van der Waals surface area contributed by atoms with Crippen LogP contribution in [-0.2, 0) is 0 Å². The van der Waals surface area contributed by atoms with Crippen LogP contribution in [0.25, 0.3) is 11.0 Å². The van der Waals surface area contributed by atoms with Crippen LogP contribution in [0.3, 0.4) is 0 Å². The fourth-order valence-corrected chi connectivity index (χ4v) is 3.32. The monoisotopic (exact) mass is 432 g/mol. The average molecular weight is 432 g/mol. The minimum atomic E-state index is -4.47. The lowest BCUT2D eigenvalue weighted by atomic mass is 10.0. The number of aromatic nitrogens is 1. The second-order valence-electron chi connectivity index (χ2n) is 7.29. The van der Waals surface area contributed by atoms with Gasteiger partial charge in [-0.25, -0.2) is 0 Å². The summed E-state index contributed by atoms with van der Waals surface area (Å²) in [5, 5.41) is 11.6. The Balaban J connectivity index is 2.04. The van der Waals surface area contributed by atoms with Gasteiger partial charge in [0.25, 0.3) is 5.91 Å². The quantitative estimate of drug-likeness (QED) is 0.510. The Bertz CT molecular complexity index is 1110. The summed E-state index contributed by atoms with van der Waals surface area (Å²) < 4.78 is 44.1. The maximum Gasteiger partial charge on any atom is 0.405 e. The van der Waals surface area contributed by atoms with Crippen LogP contribution in [0.1, 0.15) is 42.4 Å². The molecule has 0 saturated carbocycles. The first-order valence-corrected chi connectivity index (χ1v) is 9.79. The summed E-state index contributed by atoms with van der Waals surface area (Å²) in [6.07, 6.45) is -1.83. The van der Waals surface area contributed by atoms with E-state index in [9.17, 15) is 18.0 Å². The summed E-state index contributed by atoms with van der Waals surface area (Å²) in [5.41, 5.74) is 1.07. The Morgan fingerprint density at radius 2 is 1.97 bits per heavy atom. The number of hydrogen-bond acceptors (Lipinski definition) is 5. The predicted octanol–water partition coefficient (Wildman–Crippen LogP) is 5.09. The molecule has 0 saturated heterocycles. The summed E-state index contributed by atoms with van der Waals surface area (Å²) >= 11 is 0. The lowest BCUT2D eigenvalue weighted by Gasteiger charge is -2.25. The number of pyridine rings is 1. The van der Waals surface area contributed by atoms with Gasteiger partial charge in [0.15, 0.2) is 0 Å². The van der Waals surface area contributed by atoms with E-state index in [-0.39, 0.29) is 34.6 Å². The number of benzene rings is 1. The molecule has 0 unspecified atom stereocenters. The number of alkyl halides is 3. The normalized spacial score (nSPS) is 11.7. The predicted molar refractivity (Wildman–Crippen MR) is 113 cm³/mol. The highest BCUT2D eigenvalue weighted by Crippen LogP contribution is 2.27. The van der Waals surface area contributed by atoms with E-state index in [0.717, 1.165) is 0 Å². The summed E-state index contributed by atoms with van der Waals surface area (Å²) in [7, 11) is 0. The molecule has 2 heterocycles. The fourth-order valence-electron chi connectivity index (χ4n) is 3.32. The van der Waals surface area contributed by atoms with Gasteiger partial charge in [0.1, 0.15) is 24.1 Å². The Labute approximate surface area is 177 Å². The van der Waals surface area contributed by atoms with Gasteiger partial charge in [0.2, 0.25) is 0 Å². The fraction of sp³-hybridized carbons (Fsp3) is 0.318. The molecule has 0 aliphatic rings. The first-order chi connectivity index (χ1) is 14.6. The number of fused-ring (bicyclic) bond motifs is 1. The maximum absolute atomic E-state index is 12.9. The third-order valence-electron chi connectivity index (χ3n) is 4.85. The van der Waals surface area contributed by atoms with Crippen molar-refractivity contribution in [2.24, 2.45) is 0 Å². The first-order valence-electron chi connectivity index (χ1n) is 9.79. The maximum atomic E-state index is 12.9. The van der Waals surface area contributed by atoms with Crippen LogP contribution < -0.4 is 5.32 Å². The highest BCUT2D eigenvalue weighted by molar-refractivity contribution is 6.19. The van der Waals surface area contributed by atoms with Crippen LogP contribution in [0.15, 0.2) is 47.2 Å². The van der Waals surface area contributed by atoms with E-state index in [0.29, 0.717) is 23.1 Å². The molecule has 3 rings (SSSR count). The zero-order valence-electron chi connectivity index (χ0n) is 17.4. The van der Waals surface area contributed by atoms with Gasteiger partial charge in [-0.2, -0.15) is 13.2 Å². The van der Waals surface area contributed by atoms with Gasteiger partial charge in [-0.1, -0.05) is 18.2 Å². The van der Waals surface area contributed by atoms with Crippen molar-refractivity contribution in [3.05, 3.63) is 59.6 Å². The molecule has 164 valence electrons. The van der Waals surface area contributed by atoms with Crippen molar-refractivity contribution in [3.8, 4) is 0 Å². The molecular formula is C22H23F3N4O2. The molecule has 1 amide bonds. The number of nitrogens with one attached hydrogen (secondary N) is 2. The summed E-state index contributed by atoms with van der Waals surface area (Å²) in [6, 6.07) is 8.24. The number of amides is 1. The van der Waals surface area contributed by atoms with Crippen molar-refractivity contribution in [2.45, 2.75) is 33.0 Å². The Hall–Kier alpha value is -3.36. The highest BCUT2D eigenvalue weighted by Gasteiger charge is 2.28. The molecule has 1 aromatic carbocycles. The summed E-state index contributed by atoms with van der Waals surface area (Å²) in [4.78, 5) is 18.5. The largest absolute Gasteiger partial charge is 0.464 e. The van der Waals surface area contributed by atoms with Crippen molar-refractivity contribution < 1.29 is 22.4 Å². The Kier molecular flexibility index (Phi) is 6.33. The van der Waals surface area contributed by atoms with E-state index in [4.69, 9.17) is 9.83 Å². The van der Waals surface area contributed by atoms with Crippen LogP contribution in [0.4, 0.5) is 18.9 Å². The number of anilines is 1. The van der Waals surface area contributed by atoms with Crippen molar-refractivity contribution >= 4 is 28.3 Å². The topological polar surface area (TPSA) is 82.2 Å². The summed E-state index contributed by atoms with van der Waals surface area (Å²) in [6.45, 7) is 4.63. The third-order valence-corrected chi connectivity index (χ3v) is 4.85. The van der Waals surface area contributed by atoms with Gasteiger partial charge >= 0.3 is 6.18 Å². The zero-order chi connectivity index (χ0) is 22.8. The number of hydrogen-bond donors (Lipinski definition) is 2. The lowest BCUT2D eigenvalue weighted by Crippen LogP contribution is -2.37. The van der Waals surface area contributed by atoms with Crippen molar-refractivity contribution in [2.75, 3.05) is 18.4 Å². The van der Waals surface area contributed by atoms with Crippen molar-refractivity contribution in [1.29, 1.82) is 5.41 Å². The molecule has 0 fully saturated rings. The molecule has 31 heavy (non-hydrogen) atoms. The minimum Gasteiger partial charge on any atom is -0.464 e. The molecule has 6 nitrogen and oxygen atoms in total. The van der Waals surface area contributed by atoms with E-state index in [1.807, 2.05) is 20.8 Å². The molecule has 2 aromatic heterocycles. The van der Waals surface area contributed by atoms with E-state index in [2.05, 4.69) is 10.3 Å². The number of halogens is 3. The molecule has 0 spiro atoms. The Morgan fingerprint density at radius 1 is 1.26 bits per heavy atom. The lowest BCUT2D eigenvalue weighted by molar-refractivity contribution is -0.115. The SMILES string of the molecule is CCN(C(=O)c1cc(NCC(F)(F)F)c(C(=N)c2coc3ccccc23)cn1)C(C)C. The van der Waals surface area contributed by atoms with Crippen molar-refractivity contribution in [1.82, 2.24) is 9.88 Å². The average Bonchev–Trinajstić information content (AvgIpc) is 3.15. The minimum absolute atomic E-state index is 0.00534. The van der Waals surface area contributed by atoms with E-state index < -0.39 is 12.7 Å². The molecule has 0 bridgehead atoms. The number of furan rings is 1. The molecule has 9 heteroatoms. The van der Waals surface area contributed by atoms with Gasteiger partial charge in [-0.3, -0.25) is 15.2 Å². The second kappa shape index (κ2) is 8.79. The van der Waals surface area contributed by atoms with Crippen molar-refractivity contribution in [3.63, 3.8) is 0 Å². The molecule has 0 atom stereocenters. The van der Waals surface area contributed by atoms with Crippen LogP contribution in [0.2, 0.25) is 0 Å². The van der Waals surface area contributed by atoms with Crippen LogP contribution in [0, 0.1) is 5.41 Å². The number of rotatable bonds is 7. The number of carbonyl (C=O) groups excluding carboxylic acids is 1. The van der Waals surface area contributed by atoms with E-state index in [1.54, 1.807) is 29.2 Å². The van der Waals surface area contributed by atoms with Crippen LogP contribution in [0.5, 0.6) is 0 Å². The van der Waals surface area contributed by atoms with E-state index in [1.165, 1.54) is 18.5 Å². The molecular weight excluding hydrogens is 409 g/mol. The highest BCUT2D eigenvalue weighted by atomic mass is 19.4. The van der Waals surface area contributed by atoms with Crippen LogP contribution >= 0.6 is 0 Å². The smallest absolute Gasteiger partial charge is 0.405 e. The molecule has 2 N–H and O–H groups in total. The zero-order valence-corrected chi connectivity index (χ0v) is 17.4. The van der Waals surface area contributed by atoms with Crippen LogP contribution in [-0.4, -0.2) is 46.8 Å². The van der Waals surface area contributed by atoms with Gasteiger partial charge < -0.3 is 14.6 Å². The third kappa shape index (κ3) is 4.87. The molecule has 3 aromatic rings. The van der Waals surface area contributed by atoms with Gasteiger partial charge in [-0.15, -0.1) is 0 Å². The van der Waals surface area contributed by atoms with Gasteiger partial charge in [0, 0.05) is 41.0 Å². The van der Waals surface area contributed by atoms with Gasteiger partial charge in [-0.05, 0) is 32.9 Å². The molecule has 0 aliphatic carbocycles. The number of para-hydroxylation sites is 1.